The Kier molecular flexibility index (Phi) is 11.6. The van der Waals surface area contributed by atoms with Crippen LogP contribution in [0.2, 0.25) is 0 Å². The third-order valence-corrected chi connectivity index (χ3v) is 3.32. The molecule has 0 aromatic rings. The van der Waals surface area contributed by atoms with Gasteiger partial charge in [-0.1, -0.05) is 52.9 Å². The van der Waals surface area contributed by atoms with Crippen molar-refractivity contribution < 1.29 is 14.3 Å². The summed E-state index contributed by atoms with van der Waals surface area (Å²) in [7, 11) is 0. The van der Waals surface area contributed by atoms with Gasteiger partial charge in [0.15, 0.2) is 0 Å². The van der Waals surface area contributed by atoms with Crippen LogP contribution in [0.4, 0.5) is 0 Å². The summed E-state index contributed by atoms with van der Waals surface area (Å²) in [6.07, 6.45) is 8.82. The van der Waals surface area contributed by atoms with Gasteiger partial charge in [-0.2, -0.15) is 0 Å². The predicted octanol–water partition coefficient (Wildman–Crippen LogP) is 4.29. The molecule has 0 N–H and O–H groups in total. The fraction of sp³-hybridized carbons (Fsp3) is 0.875. The Balaban J connectivity index is 3.73. The van der Waals surface area contributed by atoms with E-state index in [4.69, 9.17) is 4.74 Å². The highest BCUT2D eigenvalue weighted by Crippen LogP contribution is 2.12. The second-order valence-electron chi connectivity index (χ2n) is 5.11. The van der Waals surface area contributed by atoms with Gasteiger partial charge in [0.05, 0.1) is 6.61 Å². The SMILES string of the molecule is CCCCCCCCOC(=O)C(CC)C(=O)CCC. The Morgan fingerprint density at radius 2 is 1.53 bits per heavy atom. The number of esters is 1. The standard InChI is InChI=1S/C16H30O3/c1-4-7-8-9-10-11-13-19-16(18)14(6-3)15(17)12-5-2/h14H,4-13H2,1-3H3. The van der Waals surface area contributed by atoms with Crippen molar-refractivity contribution in [2.24, 2.45) is 5.92 Å². The molecular weight excluding hydrogens is 240 g/mol. The van der Waals surface area contributed by atoms with Crippen molar-refractivity contribution in [3.05, 3.63) is 0 Å². The highest BCUT2D eigenvalue weighted by molar-refractivity contribution is 5.98. The summed E-state index contributed by atoms with van der Waals surface area (Å²) in [4.78, 5) is 23.5. The first-order valence-electron chi connectivity index (χ1n) is 7.86. The molecule has 3 heteroatoms. The smallest absolute Gasteiger partial charge is 0.316 e. The van der Waals surface area contributed by atoms with Crippen LogP contribution >= 0.6 is 0 Å². The van der Waals surface area contributed by atoms with Gasteiger partial charge in [0.1, 0.15) is 11.7 Å². The maximum Gasteiger partial charge on any atom is 0.316 e. The Morgan fingerprint density at radius 3 is 2.11 bits per heavy atom. The number of unbranched alkanes of at least 4 members (excludes halogenated alkanes) is 5. The number of rotatable bonds is 12. The van der Waals surface area contributed by atoms with Gasteiger partial charge in [0.2, 0.25) is 0 Å². The van der Waals surface area contributed by atoms with Gasteiger partial charge >= 0.3 is 5.97 Å². The van der Waals surface area contributed by atoms with Crippen LogP contribution < -0.4 is 0 Å². The van der Waals surface area contributed by atoms with Crippen molar-refractivity contribution in [1.82, 2.24) is 0 Å². The molecule has 112 valence electrons. The fourth-order valence-corrected chi connectivity index (χ4v) is 2.10. The molecule has 0 aromatic heterocycles. The maximum absolute atomic E-state index is 11.8. The van der Waals surface area contributed by atoms with Crippen LogP contribution in [0.5, 0.6) is 0 Å². The molecule has 0 saturated carbocycles. The minimum atomic E-state index is -0.542. The van der Waals surface area contributed by atoms with Crippen LogP contribution in [-0.2, 0) is 14.3 Å². The lowest BCUT2D eigenvalue weighted by Crippen LogP contribution is -2.25. The number of ether oxygens (including phenoxy) is 1. The molecule has 0 fully saturated rings. The molecule has 0 spiro atoms. The molecule has 0 rings (SSSR count). The van der Waals surface area contributed by atoms with E-state index in [0.717, 1.165) is 19.3 Å². The van der Waals surface area contributed by atoms with Crippen molar-refractivity contribution in [3.63, 3.8) is 0 Å². The number of hydrogen-bond donors (Lipinski definition) is 0. The summed E-state index contributed by atoms with van der Waals surface area (Å²) in [5.41, 5.74) is 0. The lowest BCUT2D eigenvalue weighted by atomic mass is 9.98. The number of Topliss-reactive ketones (excluding diaryl/α,β-unsaturated/α-hetero) is 1. The lowest BCUT2D eigenvalue weighted by molar-refractivity contribution is -0.152. The van der Waals surface area contributed by atoms with E-state index in [0.29, 0.717) is 19.4 Å². The molecule has 0 saturated heterocycles. The normalized spacial score (nSPS) is 12.2. The van der Waals surface area contributed by atoms with Gasteiger partial charge in [0.25, 0.3) is 0 Å². The zero-order valence-electron chi connectivity index (χ0n) is 12.9. The summed E-state index contributed by atoms with van der Waals surface area (Å²) in [5, 5.41) is 0. The van der Waals surface area contributed by atoms with E-state index in [2.05, 4.69) is 6.92 Å². The monoisotopic (exact) mass is 270 g/mol. The van der Waals surface area contributed by atoms with Crippen molar-refractivity contribution in [3.8, 4) is 0 Å². The number of carbonyl (C=O) groups is 2. The quantitative estimate of drug-likeness (QED) is 0.302. The molecular formula is C16H30O3. The zero-order valence-corrected chi connectivity index (χ0v) is 12.9. The molecule has 3 nitrogen and oxygen atoms in total. The Morgan fingerprint density at radius 1 is 0.895 bits per heavy atom. The molecule has 0 aliphatic rings. The van der Waals surface area contributed by atoms with Crippen molar-refractivity contribution >= 4 is 11.8 Å². The minimum absolute atomic E-state index is 0.0259. The first-order valence-corrected chi connectivity index (χ1v) is 7.86. The van der Waals surface area contributed by atoms with Gasteiger partial charge in [-0.3, -0.25) is 9.59 Å². The summed E-state index contributed by atoms with van der Waals surface area (Å²) in [6.45, 7) is 6.47. The summed E-state index contributed by atoms with van der Waals surface area (Å²) < 4.78 is 5.21. The molecule has 0 radical (unpaired) electrons. The van der Waals surface area contributed by atoms with Gasteiger partial charge in [-0.05, 0) is 19.3 Å². The average Bonchev–Trinajstić information content (AvgIpc) is 2.39. The first-order chi connectivity index (χ1) is 9.17. The average molecular weight is 270 g/mol. The van der Waals surface area contributed by atoms with Crippen LogP contribution in [0, 0.1) is 5.92 Å². The van der Waals surface area contributed by atoms with E-state index < -0.39 is 5.92 Å². The van der Waals surface area contributed by atoms with Crippen molar-refractivity contribution in [2.75, 3.05) is 6.61 Å². The lowest BCUT2D eigenvalue weighted by Gasteiger charge is -2.12. The van der Waals surface area contributed by atoms with Crippen LogP contribution in [0.15, 0.2) is 0 Å². The molecule has 0 amide bonds. The Labute approximate surface area is 118 Å². The summed E-state index contributed by atoms with van der Waals surface area (Å²) in [6, 6.07) is 0. The van der Waals surface area contributed by atoms with Crippen molar-refractivity contribution in [1.29, 1.82) is 0 Å². The van der Waals surface area contributed by atoms with E-state index >= 15 is 0 Å². The van der Waals surface area contributed by atoms with Gasteiger partial charge in [-0.15, -0.1) is 0 Å². The van der Waals surface area contributed by atoms with Crippen LogP contribution in [0.3, 0.4) is 0 Å². The van der Waals surface area contributed by atoms with E-state index in [-0.39, 0.29) is 11.8 Å². The molecule has 0 bridgehead atoms. The highest BCUT2D eigenvalue weighted by atomic mass is 16.5. The maximum atomic E-state index is 11.8. The second-order valence-corrected chi connectivity index (χ2v) is 5.11. The van der Waals surface area contributed by atoms with E-state index in [1.165, 1.54) is 25.7 Å². The summed E-state index contributed by atoms with van der Waals surface area (Å²) >= 11 is 0. The molecule has 1 atom stereocenters. The molecule has 0 heterocycles. The van der Waals surface area contributed by atoms with Crippen LogP contribution in [-0.4, -0.2) is 18.4 Å². The van der Waals surface area contributed by atoms with Gasteiger partial charge in [0, 0.05) is 6.42 Å². The molecule has 1 unspecified atom stereocenters. The van der Waals surface area contributed by atoms with Gasteiger partial charge < -0.3 is 4.74 Å². The van der Waals surface area contributed by atoms with Crippen molar-refractivity contribution in [2.45, 2.75) is 78.6 Å². The van der Waals surface area contributed by atoms with E-state index in [1.807, 2.05) is 13.8 Å². The third kappa shape index (κ3) is 8.79. The number of ketones is 1. The van der Waals surface area contributed by atoms with Gasteiger partial charge in [-0.25, -0.2) is 0 Å². The van der Waals surface area contributed by atoms with E-state index in [1.54, 1.807) is 0 Å². The Hall–Kier alpha value is -0.860. The largest absolute Gasteiger partial charge is 0.465 e. The number of carbonyl (C=O) groups excluding carboxylic acids is 2. The third-order valence-electron chi connectivity index (χ3n) is 3.32. The zero-order chi connectivity index (χ0) is 14.5. The fourth-order valence-electron chi connectivity index (χ4n) is 2.10. The van der Waals surface area contributed by atoms with Crippen LogP contribution in [0.1, 0.15) is 78.6 Å². The van der Waals surface area contributed by atoms with Crippen LogP contribution in [0.25, 0.3) is 0 Å². The first kappa shape index (κ1) is 18.1. The highest BCUT2D eigenvalue weighted by Gasteiger charge is 2.24. The Bertz CT molecular complexity index is 248. The molecule has 19 heavy (non-hydrogen) atoms. The molecule has 0 aliphatic carbocycles. The predicted molar refractivity (Wildman–Crippen MR) is 78.0 cm³/mol. The molecule has 0 aromatic carbocycles. The minimum Gasteiger partial charge on any atom is -0.465 e. The summed E-state index contributed by atoms with van der Waals surface area (Å²) in [5.74, 6) is -0.840. The second kappa shape index (κ2) is 12.2. The molecule has 0 aliphatic heterocycles. The topological polar surface area (TPSA) is 43.4 Å². The number of hydrogen-bond acceptors (Lipinski definition) is 3. The van der Waals surface area contributed by atoms with E-state index in [9.17, 15) is 9.59 Å².